The van der Waals surface area contributed by atoms with E-state index in [0.29, 0.717) is 12.4 Å². The lowest BCUT2D eigenvalue weighted by atomic mass is 10.0. The topological polar surface area (TPSA) is 73.9 Å². The van der Waals surface area contributed by atoms with Gasteiger partial charge in [-0.25, -0.2) is 9.59 Å². The van der Waals surface area contributed by atoms with Gasteiger partial charge in [0.1, 0.15) is 18.4 Å². The lowest BCUT2D eigenvalue weighted by Crippen LogP contribution is -2.30. The first-order valence-corrected chi connectivity index (χ1v) is 8.08. The third-order valence-corrected chi connectivity index (χ3v) is 3.82. The fourth-order valence-electron chi connectivity index (χ4n) is 2.60. The minimum atomic E-state index is -0.983. The number of alkyl carbamates (subject to hydrolysis) is 1. The molecule has 2 aromatic carbocycles. The number of hydrogen-bond acceptors (Lipinski definition) is 5. The van der Waals surface area contributed by atoms with Gasteiger partial charge < -0.3 is 19.5 Å². The summed E-state index contributed by atoms with van der Waals surface area (Å²) in [6.07, 6.45) is -1.61. The molecule has 2 atom stereocenters. The normalized spacial score (nSPS) is 19.0. The minimum absolute atomic E-state index is 0.228. The van der Waals surface area contributed by atoms with Gasteiger partial charge in [-0.05, 0) is 30.2 Å². The average molecular weight is 341 g/mol. The maximum Gasteiger partial charge on any atom is 0.408 e. The van der Waals surface area contributed by atoms with E-state index in [4.69, 9.17) is 14.2 Å². The third kappa shape index (κ3) is 4.09. The monoisotopic (exact) mass is 341 g/mol. The van der Waals surface area contributed by atoms with Gasteiger partial charge in [-0.1, -0.05) is 42.5 Å². The second-order valence-electron chi connectivity index (χ2n) is 5.54. The van der Waals surface area contributed by atoms with Crippen LogP contribution in [0.3, 0.4) is 0 Å². The predicted octanol–water partition coefficient (Wildman–Crippen LogP) is 2.98. The molecule has 1 fully saturated rings. The average Bonchev–Trinajstić information content (AvgIpc) is 3.03. The van der Waals surface area contributed by atoms with Crippen LogP contribution in [0, 0.1) is 0 Å². The van der Waals surface area contributed by atoms with E-state index in [1.54, 1.807) is 31.2 Å². The van der Waals surface area contributed by atoms with Gasteiger partial charge >= 0.3 is 12.1 Å². The van der Waals surface area contributed by atoms with Crippen LogP contribution in [0.2, 0.25) is 0 Å². The summed E-state index contributed by atoms with van der Waals surface area (Å²) in [5, 5.41) is 2.63. The first kappa shape index (κ1) is 16.8. The van der Waals surface area contributed by atoms with Crippen molar-refractivity contribution in [3.05, 3.63) is 65.7 Å². The molecule has 0 aliphatic carbocycles. The Balaban J connectivity index is 1.66. The van der Waals surface area contributed by atoms with Crippen LogP contribution in [0.1, 0.15) is 24.1 Å². The Morgan fingerprint density at radius 1 is 1.12 bits per heavy atom. The van der Waals surface area contributed by atoms with Crippen molar-refractivity contribution in [1.82, 2.24) is 5.32 Å². The SMILES string of the molecule is CCOC(=O)[C@@H]1OC(=O)N[C@@H]1c1ccc(OCc2ccccc2)cc1. The quantitative estimate of drug-likeness (QED) is 0.818. The Morgan fingerprint density at radius 2 is 1.84 bits per heavy atom. The molecule has 6 nitrogen and oxygen atoms in total. The predicted molar refractivity (Wildman–Crippen MR) is 90.0 cm³/mol. The van der Waals surface area contributed by atoms with Crippen molar-refractivity contribution in [1.29, 1.82) is 0 Å². The number of benzene rings is 2. The van der Waals surface area contributed by atoms with Crippen molar-refractivity contribution in [3.8, 4) is 5.75 Å². The van der Waals surface area contributed by atoms with Crippen molar-refractivity contribution in [2.24, 2.45) is 0 Å². The van der Waals surface area contributed by atoms with Gasteiger partial charge in [-0.3, -0.25) is 0 Å². The van der Waals surface area contributed by atoms with Gasteiger partial charge in [0.05, 0.1) is 6.61 Å². The molecule has 6 heteroatoms. The molecule has 1 saturated heterocycles. The van der Waals surface area contributed by atoms with Crippen LogP contribution >= 0.6 is 0 Å². The molecule has 0 aromatic heterocycles. The number of amides is 1. The largest absolute Gasteiger partial charge is 0.489 e. The molecule has 1 amide bonds. The smallest absolute Gasteiger partial charge is 0.408 e. The van der Waals surface area contributed by atoms with Gasteiger partial charge in [0.2, 0.25) is 6.10 Å². The summed E-state index contributed by atoms with van der Waals surface area (Å²) in [5.41, 5.74) is 1.82. The summed E-state index contributed by atoms with van der Waals surface area (Å²) in [6.45, 7) is 2.40. The molecule has 1 heterocycles. The Hall–Kier alpha value is -3.02. The highest BCUT2D eigenvalue weighted by Crippen LogP contribution is 2.27. The zero-order valence-corrected chi connectivity index (χ0v) is 13.8. The number of ether oxygens (including phenoxy) is 3. The third-order valence-electron chi connectivity index (χ3n) is 3.82. The van der Waals surface area contributed by atoms with E-state index >= 15 is 0 Å². The Bertz CT molecular complexity index is 729. The highest BCUT2D eigenvalue weighted by Gasteiger charge is 2.41. The molecule has 130 valence electrons. The van der Waals surface area contributed by atoms with Crippen molar-refractivity contribution in [2.45, 2.75) is 25.7 Å². The van der Waals surface area contributed by atoms with E-state index in [0.717, 1.165) is 11.1 Å². The fourth-order valence-corrected chi connectivity index (χ4v) is 2.60. The van der Waals surface area contributed by atoms with Crippen molar-refractivity contribution in [3.63, 3.8) is 0 Å². The number of carbonyl (C=O) groups excluding carboxylic acids is 2. The standard InChI is InChI=1S/C19H19NO5/c1-2-23-18(21)17-16(20-19(22)25-17)14-8-10-15(11-9-14)24-12-13-6-4-3-5-7-13/h3-11,16-17H,2,12H2,1H3,(H,20,22)/t16-,17-/m1/s1. The van der Waals surface area contributed by atoms with E-state index in [1.165, 1.54) is 0 Å². The Morgan fingerprint density at radius 3 is 2.52 bits per heavy atom. The van der Waals surface area contributed by atoms with Crippen molar-refractivity contribution < 1.29 is 23.8 Å². The lowest BCUT2D eigenvalue weighted by Gasteiger charge is -2.16. The van der Waals surface area contributed by atoms with Gasteiger partial charge in [0.25, 0.3) is 0 Å². The number of carbonyl (C=O) groups is 2. The van der Waals surface area contributed by atoms with Crippen LogP contribution in [0.5, 0.6) is 5.75 Å². The summed E-state index contributed by atoms with van der Waals surface area (Å²) in [4.78, 5) is 23.4. The molecule has 1 aliphatic heterocycles. The molecular formula is C19H19NO5. The molecule has 2 aromatic rings. The molecule has 0 spiro atoms. The van der Waals surface area contributed by atoms with E-state index in [9.17, 15) is 9.59 Å². The van der Waals surface area contributed by atoms with Gasteiger partial charge in [0, 0.05) is 0 Å². The summed E-state index contributed by atoms with van der Waals surface area (Å²) in [6, 6.07) is 16.5. The first-order chi connectivity index (χ1) is 12.2. The van der Waals surface area contributed by atoms with Gasteiger partial charge in [-0.2, -0.15) is 0 Å². The molecular weight excluding hydrogens is 322 g/mol. The van der Waals surface area contributed by atoms with E-state index in [2.05, 4.69) is 5.32 Å². The summed E-state index contributed by atoms with van der Waals surface area (Å²) in [7, 11) is 0. The van der Waals surface area contributed by atoms with Crippen LogP contribution in [0.15, 0.2) is 54.6 Å². The summed E-state index contributed by atoms with van der Waals surface area (Å²) < 4.78 is 15.7. The lowest BCUT2D eigenvalue weighted by molar-refractivity contribution is -0.152. The molecule has 0 saturated carbocycles. The number of rotatable bonds is 6. The first-order valence-electron chi connectivity index (χ1n) is 8.08. The van der Waals surface area contributed by atoms with Crippen LogP contribution < -0.4 is 10.1 Å². The summed E-state index contributed by atoms with van der Waals surface area (Å²) >= 11 is 0. The van der Waals surface area contributed by atoms with Crippen LogP contribution in [0.4, 0.5) is 4.79 Å². The molecule has 0 radical (unpaired) electrons. The Labute approximate surface area is 145 Å². The number of cyclic esters (lactones) is 1. The maximum atomic E-state index is 11.9. The number of hydrogen-bond donors (Lipinski definition) is 1. The zero-order chi connectivity index (χ0) is 17.6. The summed E-state index contributed by atoms with van der Waals surface area (Å²) in [5.74, 6) is 0.140. The van der Waals surface area contributed by atoms with Gasteiger partial charge in [0.15, 0.2) is 0 Å². The fraction of sp³-hybridized carbons (Fsp3) is 0.263. The van der Waals surface area contributed by atoms with Crippen molar-refractivity contribution in [2.75, 3.05) is 6.61 Å². The van der Waals surface area contributed by atoms with Crippen molar-refractivity contribution >= 4 is 12.1 Å². The molecule has 3 rings (SSSR count). The molecule has 0 unspecified atom stereocenters. The zero-order valence-electron chi connectivity index (χ0n) is 13.8. The second kappa shape index (κ2) is 7.70. The molecule has 25 heavy (non-hydrogen) atoms. The van der Waals surface area contributed by atoms with Crippen LogP contribution in [0.25, 0.3) is 0 Å². The van der Waals surface area contributed by atoms with E-state index in [-0.39, 0.29) is 6.61 Å². The highest BCUT2D eigenvalue weighted by molar-refractivity contribution is 5.83. The van der Waals surface area contributed by atoms with Crippen LogP contribution in [-0.4, -0.2) is 24.8 Å². The van der Waals surface area contributed by atoms with Crippen LogP contribution in [-0.2, 0) is 20.9 Å². The second-order valence-corrected chi connectivity index (χ2v) is 5.54. The molecule has 1 N–H and O–H groups in total. The highest BCUT2D eigenvalue weighted by atomic mass is 16.6. The van der Waals surface area contributed by atoms with E-state index in [1.807, 2.05) is 30.3 Å². The Kier molecular flexibility index (Phi) is 5.18. The molecule has 1 aliphatic rings. The van der Waals surface area contributed by atoms with Gasteiger partial charge in [-0.15, -0.1) is 0 Å². The number of esters is 1. The van der Waals surface area contributed by atoms with E-state index < -0.39 is 24.2 Å². The minimum Gasteiger partial charge on any atom is -0.489 e. The maximum absolute atomic E-state index is 11.9. The number of nitrogens with one attached hydrogen (secondary N) is 1. The molecule has 0 bridgehead atoms.